The molecule has 0 aromatic carbocycles. The van der Waals surface area contributed by atoms with E-state index in [0.717, 1.165) is 0 Å². The van der Waals surface area contributed by atoms with E-state index in [2.05, 4.69) is 4.74 Å². The average Bonchev–Trinajstić information content (AvgIpc) is 2.22. The minimum absolute atomic E-state index is 0.0623. The lowest BCUT2D eigenvalue weighted by Gasteiger charge is -2.17. The van der Waals surface area contributed by atoms with E-state index in [9.17, 15) is 27.3 Å². The Labute approximate surface area is 106 Å². The largest absolute Gasteiger partial charge is 0.527 e. The number of hydrogen-bond acceptors (Lipinski definition) is 4. The molecule has 0 spiro atoms. The Bertz CT molecular complexity index is 338. The SMILES string of the molecule is O=C(CN(C[P+](=O)O)C(=O)C(F)(F)F)OCCCl. The number of nitrogens with zero attached hydrogens (tertiary/aromatic N) is 1. The maximum atomic E-state index is 12.1. The van der Waals surface area contributed by atoms with Crippen LogP contribution in [0.4, 0.5) is 13.2 Å². The zero-order valence-corrected chi connectivity index (χ0v) is 10.5. The van der Waals surface area contributed by atoms with Crippen LogP contribution >= 0.6 is 19.6 Å². The predicted molar refractivity (Wildman–Crippen MR) is 54.1 cm³/mol. The summed E-state index contributed by atoms with van der Waals surface area (Å²) in [5.41, 5.74) is 0. The summed E-state index contributed by atoms with van der Waals surface area (Å²) in [5.74, 6) is -3.60. The molecule has 6 nitrogen and oxygen atoms in total. The minimum atomic E-state index is -5.24. The number of hydrogen-bond donors (Lipinski definition) is 1. The second kappa shape index (κ2) is 7.50. The Morgan fingerprint density at radius 2 is 1.94 bits per heavy atom. The summed E-state index contributed by atoms with van der Waals surface area (Å²) in [6.45, 7) is -1.31. The standard InChI is InChI=1S/C7H8ClF3NO5P/c8-1-2-17-5(13)3-12(4-18(15)16)6(14)7(9,10)11/h1-4H2/p+1. The third-order valence-electron chi connectivity index (χ3n) is 1.48. The van der Waals surface area contributed by atoms with Gasteiger partial charge < -0.3 is 4.74 Å². The Balaban J connectivity index is 4.64. The molecule has 0 rings (SSSR count). The first-order valence-corrected chi connectivity index (χ1v) is 6.33. The number of carbonyl (C=O) groups excluding carboxylic acids is 2. The summed E-state index contributed by atoms with van der Waals surface area (Å²) < 4.78 is 51.1. The zero-order valence-electron chi connectivity index (χ0n) is 8.81. The first kappa shape index (κ1) is 17.1. The zero-order chi connectivity index (χ0) is 14.3. The first-order valence-electron chi connectivity index (χ1n) is 4.39. The molecule has 0 aliphatic heterocycles. The van der Waals surface area contributed by atoms with E-state index in [4.69, 9.17) is 16.5 Å². The van der Waals surface area contributed by atoms with E-state index in [1.807, 2.05) is 0 Å². The van der Waals surface area contributed by atoms with Crippen molar-refractivity contribution in [2.45, 2.75) is 6.18 Å². The van der Waals surface area contributed by atoms with Crippen molar-refractivity contribution in [2.24, 2.45) is 0 Å². The lowest BCUT2D eigenvalue weighted by atomic mass is 10.5. The molecule has 1 unspecified atom stereocenters. The Hall–Kier alpha value is -0.920. The molecule has 11 heteroatoms. The topological polar surface area (TPSA) is 83.9 Å². The summed E-state index contributed by atoms with van der Waals surface area (Å²) in [4.78, 5) is 30.2. The maximum absolute atomic E-state index is 12.1. The molecule has 0 aliphatic carbocycles. The fourth-order valence-electron chi connectivity index (χ4n) is 0.865. The molecule has 0 heterocycles. The van der Waals surface area contributed by atoms with Gasteiger partial charge in [-0.1, -0.05) is 0 Å². The highest BCUT2D eigenvalue weighted by Gasteiger charge is 2.45. The van der Waals surface area contributed by atoms with Gasteiger partial charge in [0.2, 0.25) is 0 Å². The molecule has 0 saturated heterocycles. The van der Waals surface area contributed by atoms with Gasteiger partial charge in [0.15, 0.2) is 0 Å². The highest BCUT2D eigenvalue weighted by atomic mass is 35.5. The van der Waals surface area contributed by atoms with Crippen molar-refractivity contribution in [3.05, 3.63) is 0 Å². The summed E-state index contributed by atoms with van der Waals surface area (Å²) in [6.07, 6.45) is -6.35. The molecule has 0 radical (unpaired) electrons. The van der Waals surface area contributed by atoms with Gasteiger partial charge in [0.25, 0.3) is 6.29 Å². The molecule has 0 aromatic rings. The van der Waals surface area contributed by atoms with Crippen LogP contribution < -0.4 is 0 Å². The Kier molecular flexibility index (Phi) is 7.12. The van der Waals surface area contributed by atoms with Crippen molar-refractivity contribution >= 4 is 31.5 Å². The molecular weight excluding hydrogens is 302 g/mol. The molecule has 0 aliphatic rings. The molecule has 18 heavy (non-hydrogen) atoms. The summed E-state index contributed by atoms with van der Waals surface area (Å²) >= 11 is 5.18. The van der Waals surface area contributed by atoms with Crippen LogP contribution in [-0.2, 0) is 18.9 Å². The van der Waals surface area contributed by atoms with Crippen LogP contribution in [0.1, 0.15) is 0 Å². The van der Waals surface area contributed by atoms with Crippen molar-refractivity contribution in [1.82, 2.24) is 4.90 Å². The van der Waals surface area contributed by atoms with Crippen molar-refractivity contribution < 1.29 is 37.0 Å². The van der Waals surface area contributed by atoms with Gasteiger partial charge in [-0.05, 0) is 4.57 Å². The van der Waals surface area contributed by atoms with Crippen molar-refractivity contribution in [3.8, 4) is 0 Å². The van der Waals surface area contributed by atoms with E-state index >= 15 is 0 Å². The molecular formula is C7H9ClF3NO5P+. The second-order valence-corrected chi connectivity index (χ2v) is 4.27. The summed E-state index contributed by atoms with van der Waals surface area (Å²) in [7, 11) is -3.04. The van der Waals surface area contributed by atoms with E-state index in [-0.39, 0.29) is 17.4 Å². The molecule has 0 aromatic heterocycles. The van der Waals surface area contributed by atoms with Crippen LogP contribution in [0.3, 0.4) is 0 Å². The number of alkyl halides is 4. The van der Waals surface area contributed by atoms with Gasteiger partial charge in [-0.3, -0.25) is 14.5 Å². The van der Waals surface area contributed by atoms with Crippen LogP contribution in [0.2, 0.25) is 0 Å². The Morgan fingerprint density at radius 1 is 1.39 bits per heavy atom. The van der Waals surface area contributed by atoms with Gasteiger partial charge >= 0.3 is 26.1 Å². The van der Waals surface area contributed by atoms with Gasteiger partial charge in [0, 0.05) is 0 Å². The first-order chi connectivity index (χ1) is 8.18. The third kappa shape index (κ3) is 6.73. The van der Waals surface area contributed by atoms with Crippen LogP contribution in [0.5, 0.6) is 0 Å². The van der Waals surface area contributed by atoms with Crippen molar-refractivity contribution in [1.29, 1.82) is 0 Å². The number of amides is 1. The molecule has 1 N–H and O–H groups in total. The fourth-order valence-corrected chi connectivity index (χ4v) is 1.46. The monoisotopic (exact) mass is 310 g/mol. The lowest BCUT2D eigenvalue weighted by Crippen LogP contribution is -2.44. The summed E-state index contributed by atoms with van der Waals surface area (Å²) in [5, 5.41) is 0. The second-order valence-electron chi connectivity index (χ2n) is 2.90. The molecule has 0 fully saturated rings. The smallest absolute Gasteiger partial charge is 0.463 e. The molecule has 1 amide bonds. The van der Waals surface area contributed by atoms with E-state index in [0.29, 0.717) is 0 Å². The summed E-state index contributed by atoms with van der Waals surface area (Å²) in [6, 6.07) is 0. The minimum Gasteiger partial charge on any atom is -0.463 e. The average molecular weight is 311 g/mol. The third-order valence-corrected chi connectivity index (χ3v) is 2.22. The van der Waals surface area contributed by atoms with Gasteiger partial charge in [-0.25, -0.2) is 0 Å². The molecule has 0 saturated carbocycles. The van der Waals surface area contributed by atoms with Gasteiger partial charge in [-0.2, -0.15) is 18.1 Å². The highest BCUT2D eigenvalue weighted by molar-refractivity contribution is 7.37. The lowest BCUT2D eigenvalue weighted by molar-refractivity contribution is -0.186. The van der Waals surface area contributed by atoms with Crippen LogP contribution in [0.15, 0.2) is 0 Å². The van der Waals surface area contributed by atoms with Crippen molar-refractivity contribution in [3.63, 3.8) is 0 Å². The Morgan fingerprint density at radius 3 is 2.33 bits per heavy atom. The number of esters is 1. The van der Waals surface area contributed by atoms with Gasteiger partial charge in [0.1, 0.15) is 13.2 Å². The fraction of sp³-hybridized carbons (Fsp3) is 0.714. The van der Waals surface area contributed by atoms with E-state index in [1.54, 1.807) is 0 Å². The number of carbonyl (C=O) groups is 2. The molecule has 104 valence electrons. The van der Waals surface area contributed by atoms with Crippen LogP contribution in [-0.4, -0.2) is 53.2 Å². The van der Waals surface area contributed by atoms with Crippen LogP contribution in [0, 0.1) is 0 Å². The van der Waals surface area contributed by atoms with Gasteiger partial charge in [0.05, 0.1) is 5.88 Å². The maximum Gasteiger partial charge on any atom is 0.527 e. The number of rotatable bonds is 6. The van der Waals surface area contributed by atoms with E-state index in [1.165, 1.54) is 0 Å². The van der Waals surface area contributed by atoms with Gasteiger partial charge in [-0.15, -0.1) is 11.6 Å². The number of halogens is 4. The molecule has 0 bridgehead atoms. The van der Waals surface area contributed by atoms with Crippen molar-refractivity contribution in [2.75, 3.05) is 25.3 Å². The predicted octanol–water partition coefficient (Wildman–Crippen LogP) is 0.852. The molecule has 1 atom stereocenters. The number of ether oxygens (including phenoxy) is 1. The van der Waals surface area contributed by atoms with E-state index < -0.39 is 38.9 Å². The quantitative estimate of drug-likeness (QED) is 0.447. The van der Waals surface area contributed by atoms with Crippen LogP contribution in [0.25, 0.3) is 0 Å². The normalized spacial score (nSPS) is 11.9. The highest BCUT2D eigenvalue weighted by Crippen LogP contribution is 2.22.